The van der Waals surface area contributed by atoms with E-state index >= 15 is 0 Å². The Morgan fingerprint density at radius 3 is 2.88 bits per heavy atom. The first-order valence-electron chi connectivity index (χ1n) is 4.34. The third kappa shape index (κ3) is 1.87. The Morgan fingerprint density at radius 1 is 1.50 bits per heavy atom. The Kier molecular flexibility index (Phi) is 2.82. The number of H-pyrrole nitrogens is 1. The van der Waals surface area contributed by atoms with Crippen molar-refractivity contribution in [3.05, 3.63) is 23.8 Å². The van der Waals surface area contributed by atoms with Gasteiger partial charge >= 0.3 is 0 Å². The van der Waals surface area contributed by atoms with Gasteiger partial charge in [0.15, 0.2) is 5.82 Å². The SMILES string of the molecule is COc1ccc(-c2nnn[nH]2)cc1C(=O)Cl. The number of nitrogens with zero attached hydrogens (tertiary/aromatic N) is 3. The van der Waals surface area contributed by atoms with E-state index in [1.54, 1.807) is 18.2 Å². The van der Waals surface area contributed by atoms with Crippen molar-refractivity contribution in [2.45, 2.75) is 0 Å². The predicted octanol–water partition coefficient (Wildman–Crippen LogP) is 1.25. The van der Waals surface area contributed by atoms with E-state index < -0.39 is 5.24 Å². The van der Waals surface area contributed by atoms with Crippen LogP contribution in [0.3, 0.4) is 0 Å². The summed E-state index contributed by atoms with van der Waals surface area (Å²) in [5.74, 6) is 0.873. The van der Waals surface area contributed by atoms with Crippen LogP contribution in [0.15, 0.2) is 18.2 Å². The summed E-state index contributed by atoms with van der Waals surface area (Å²) in [6.07, 6.45) is 0. The van der Waals surface area contributed by atoms with Gasteiger partial charge in [0.1, 0.15) is 5.75 Å². The van der Waals surface area contributed by atoms with E-state index in [4.69, 9.17) is 16.3 Å². The molecule has 0 aliphatic rings. The standard InChI is InChI=1S/C9H7ClN4O2/c1-16-7-3-2-5(4-6(7)8(10)15)9-11-13-14-12-9/h2-4H,1H3,(H,11,12,13,14). The number of hydrogen-bond acceptors (Lipinski definition) is 5. The van der Waals surface area contributed by atoms with Gasteiger partial charge in [0, 0.05) is 5.56 Å². The third-order valence-corrected chi connectivity index (χ3v) is 2.23. The first kappa shape index (κ1) is 10.6. The van der Waals surface area contributed by atoms with Crippen molar-refractivity contribution < 1.29 is 9.53 Å². The number of nitrogens with one attached hydrogen (secondary N) is 1. The molecule has 1 aromatic carbocycles. The van der Waals surface area contributed by atoms with E-state index in [0.717, 1.165) is 0 Å². The molecule has 0 aliphatic heterocycles. The molecule has 0 radical (unpaired) electrons. The van der Waals surface area contributed by atoms with Crippen molar-refractivity contribution in [3.8, 4) is 17.1 Å². The zero-order chi connectivity index (χ0) is 11.5. The minimum absolute atomic E-state index is 0.276. The second kappa shape index (κ2) is 4.28. The highest BCUT2D eigenvalue weighted by atomic mass is 35.5. The number of benzene rings is 1. The Hall–Kier alpha value is -1.95. The van der Waals surface area contributed by atoms with Crippen LogP contribution in [-0.2, 0) is 0 Å². The average Bonchev–Trinajstić information content (AvgIpc) is 2.81. The summed E-state index contributed by atoms with van der Waals surface area (Å²) >= 11 is 5.44. The van der Waals surface area contributed by atoms with Gasteiger partial charge in [-0.1, -0.05) is 0 Å². The molecule has 16 heavy (non-hydrogen) atoms. The Bertz CT molecular complexity index is 512. The topological polar surface area (TPSA) is 80.8 Å². The molecule has 1 N–H and O–H groups in total. The summed E-state index contributed by atoms with van der Waals surface area (Å²) in [4.78, 5) is 11.2. The maximum Gasteiger partial charge on any atom is 0.256 e. The van der Waals surface area contributed by atoms with Crippen LogP contribution in [0, 0.1) is 0 Å². The molecule has 0 bridgehead atoms. The van der Waals surface area contributed by atoms with E-state index in [-0.39, 0.29) is 5.56 Å². The number of aromatic amines is 1. The van der Waals surface area contributed by atoms with Crippen LogP contribution in [-0.4, -0.2) is 33.0 Å². The lowest BCUT2D eigenvalue weighted by Gasteiger charge is -2.05. The van der Waals surface area contributed by atoms with Gasteiger partial charge in [-0.05, 0) is 40.2 Å². The van der Waals surface area contributed by atoms with E-state index in [1.165, 1.54) is 7.11 Å². The molecule has 6 nitrogen and oxygen atoms in total. The van der Waals surface area contributed by atoms with Crippen molar-refractivity contribution in [1.82, 2.24) is 20.6 Å². The van der Waals surface area contributed by atoms with Gasteiger partial charge in [-0.2, -0.15) is 0 Å². The number of rotatable bonds is 3. The highest BCUT2D eigenvalue weighted by Crippen LogP contribution is 2.25. The number of methoxy groups -OCH3 is 1. The molecule has 7 heteroatoms. The van der Waals surface area contributed by atoms with Gasteiger partial charge in [0.2, 0.25) is 0 Å². The molecule has 2 rings (SSSR count). The van der Waals surface area contributed by atoms with Crippen molar-refractivity contribution in [3.63, 3.8) is 0 Å². The van der Waals surface area contributed by atoms with E-state index in [2.05, 4.69) is 20.6 Å². The molecule has 0 saturated carbocycles. The van der Waals surface area contributed by atoms with Crippen LogP contribution in [0.1, 0.15) is 10.4 Å². The molecule has 0 aliphatic carbocycles. The summed E-state index contributed by atoms with van der Waals surface area (Å²) in [5.41, 5.74) is 0.938. The highest BCUT2D eigenvalue weighted by molar-refractivity contribution is 6.68. The lowest BCUT2D eigenvalue weighted by Crippen LogP contribution is -1.96. The van der Waals surface area contributed by atoms with Gasteiger partial charge < -0.3 is 4.74 Å². The molecular formula is C9H7ClN4O2. The molecular weight excluding hydrogens is 232 g/mol. The average molecular weight is 239 g/mol. The summed E-state index contributed by atoms with van der Waals surface area (Å²) in [5, 5.41) is 12.6. The number of carbonyl (C=O) groups is 1. The van der Waals surface area contributed by atoms with Gasteiger partial charge in [0.25, 0.3) is 5.24 Å². The molecule has 0 atom stereocenters. The van der Waals surface area contributed by atoms with E-state index in [9.17, 15) is 4.79 Å². The second-order valence-electron chi connectivity index (χ2n) is 2.94. The second-order valence-corrected chi connectivity index (χ2v) is 3.28. The molecule has 0 fully saturated rings. The molecule has 1 heterocycles. The Balaban J connectivity index is 2.51. The lowest BCUT2D eigenvalue weighted by atomic mass is 10.1. The number of hydrogen-bond donors (Lipinski definition) is 1. The van der Waals surface area contributed by atoms with Gasteiger partial charge in [-0.25, -0.2) is 5.10 Å². The minimum atomic E-state index is -0.592. The smallest absolute Gasteiger partial charge is 0.256 e. The molecule has 82 valence electrons. The van der Waals surface area contributed by atoms with Crippen LogP contribution in [0.5, 0.6) is 5.75 Å². The molecule has 0 amide bonds. The number of tetrazole rings is 1. The van der Waals surface area contributed by atoms with E-state index in [1.807, 2.05) is 0 Å². The van der Waals surface area contributed by atoms with Crippen LogP contribution in [0.25, 0.3) is 11.4 Å². The zero-order valence-electron chi connectivity index (χ0n) is 8.27. The largest absolute Gasteiger partial charge is 0.496 e. The van der Waals surface area contributed by atoms with E-state index in [0.29, 0.717) is 17.1 Å². The van der Waals surface area contributed by atoms with Gasteiger partial charge in [-0.3, -0.25) is 4.79 Å². The summed E-state index contributed by atoms with van der Waals surface area (Å²) in [6, 6.07) is 4.92. The number of aromatic nitrogens is 4. The molecule has 0 spiro atoms. The van der Waals surface area contributed by atoms with Crippen LogP contribution < -0.4 is 4.74 Å². The number of ether oxygens (including phenoxy) is 1. The van der Waals surface area contributed by atoms with Crippen molar-refractivity contribution in [2.24, 2.45) is 0 Å². The van der Waals surface area contributed by atoms with Crippen LogP contribution in [0.2, 0.25) is 0 Å². The quantitative estimate of drug-likeness (QED) is 0.814. The highest BCUT2D eigenvalue weighted by Gasteiger charge is 2.12. The van der Waals surface area contributed by atoms with Crippen molar-refractivity contribution >= 4 is 16.8 Å². The number of carbonyl (C=O) groups excluding carboxylic acids is 1. The summed E-state index contributed by atoms with van der Waals surface area (Å²) in [7, 11) is 1.47. The van der Waals surface area contributed by atoms with Crippen molar-refractivity contribution in [2.75, 3.05) is 7.11 Å². The normalized spacial score (nSPS) is 10.1. The third-order valence-electron chi connectivity index (χ3n) is 2.03. The molecule has 2 aromatic rings. The monoisotopic (exact) mass is 238 g/mol. The number of halogens is 1. The fourth-order valence-corrected chi connectivity index (χ4v) is 1.44. The van der Waals surface area contributed by atoms with Gasteiger partial charge in [0.05, 0.1) is 12.7 Å². The maximum absolute atomic E-state index is 11.2. The van der Waals surface area contributed by atoms with Gasteiger partial charge in [-0.15, -0.1) is 5.10 Å². The summed E-state index contributed by atoms with van der Waals surface area (Å²) < 4.78 is 5.01. The minimum Gasteiger partial charge on any atom is -0.496 e. The summed E-state index contributed by atoms with van der Waals surface area (Å²) in [6.45, 7) is 0. The Morgan fingerprint density at radius 2 is 2.31 bits per heavy atom. The fraction of sp³-hybridized carbons (Fsp3) is 0.111. The molecule has 0 unspecified atom stereocenters. The lowest BCUT2D eigenvalue weighted by molar-refractivity contribution is 0.107. The fourth-order valence-electron chi connectivity index (χ4n) is 1.29. The maximum atomic E-state index is 11.2. The van der Waals surface area contributed by atoms with Crippen LogP contribution in [0.4, 0.5) is 0 Å². The Labute approximate surface area is 95.6 Å². The first-order chi connectivity index (χ1) is 7.72. The van der Waals surface area contributed by atoms with Crippen molar-refractivity contribution in [1.29, 1.82) is 0 Å². The zero-order valence-corrected chi connectivity index (χ0v) is 9.02. The molecule has 1 aromatic heterocycles. The first-order valence-corrected chi connectivity index (χ1v) is 4.72. The molecule has 0 saturated heterocycles. The predicted molar refractivity (Wildman–Crippen MR) is 56.3 cm³/mol. The van der Waals surface area contributed by atoms with Crippen LogP contribution >= 0.6 is 11.6 Å².